The molecule has 9 heteroatoms. The number of aliphatic carboxylic acids is 1. The summed E-state index contributed by atoms with van der Waals surface area (Å²) in [5, 5.41) is 9.78. The monoisotopic (exact) mass is 561 g/mol. The van der Waals surface area contributed by atoms with Gasteiger partial charge in [-0.05, 0) is 47.3 Å². The maximum Gasteiger partial charge on any atom is 0.321 e. The number of carboxylic acids is 1. The highest BCUT2D eigenvalue weighted by Gasteiger charge is 2.34. The van der Waals surface area contributed by atoms with Gasteiger partial charge in [0.15, 0.2) is 11.5 Å². The molecule has 3 atom stereocenters. The van der Waals surface area contributed by atoms with E-state index in [-0.39, 0.29) is 53.7 Å². The molecule has 1 aliphatic rings. The Balaban J connectivity index is 2.37. The third-order valence-electron chi connectivity index (χ3n) is 6.86. The Labute approximate surface area is 238 Å². The zero-order valence-corrected chi connectivity index (χ0v) is 25.1. The van der Waals surface area contributed by atoms with Crippen LogP contribution in [0.2, 0.25) is 0 Å². The summed E-state index contributed by atoms with van der Waals surface area (Å²) in [6, 6.07) is 3.26. The minimum absolute atomic E-state index is 0.00278. The lowest BCUT2D eigenvalue weighted by molar-refractivity contribution is -0.151. The van der Waals surface area contributed by atoms with Crippen LogP contribution in [0.3, 0.4) is 0 Å². The van der Waals surface area contributed by atoms with Crippen LogP contribution < -0.4 is 15.2 Å². The highest BCUT2D eigenvalue weighted by atomic mass is 16.6. The highest BCUT2D eigenvalue weighted by molar-refractivity contribution is 5.78. The maximum atomic E-state index is 12.7. The number of nitrogens with two attached hydrogens (primary N) is 1. The van der Waals surface area contributed by atoms with Gasteiger partial charge in [-0.25, -0.2) is 0 Å². The van der Waals surface area contributed by atoms with E-state index < -0.39 is 35.8 Å². The third kappa shape index (κ3) is 10.9. The molecule has 0 heterocycles. The van der Waals surface area contributed by atoms with Crippen LogP contribution in [0.5, 0.6) is 11.5 Å². The van der Waals surface area contributed by atoms with Gasteiger partial charge in [-0.2, -0.15) is 0 Å². The summed E-state index contributed by atoms with van der Waals surface area (Å²) in [7, 11) is 0. The van der Waals surface area contributed by atoms with Crippen LogP contribution in [0.1, 0.15) is 105 Å². The Morgan fingerprint density at radius 2 is 1.43 bits per heavy atom. The smallest absolute Gasteiger partial charge is 0.321 e. The van der Waals surface area contributed by atoms with Crippen molar-refractivity contribution < 1.29 is 38.5 Å². The van der Waals surface area contributed by atoms with Gasteiger partial charge in [0.25, 0.3) is 0 Å². The standard InChI is InChI=1S/C31H47NO8/c1-19(18-38-29(37)20-11-9-8-10-12-20)26(27(32)28(35)36)21-13-14-22(39-24(33)16-30(2,3)4)23(15-21)40-25(34)17-31(5,6)7/h13-15,19-20,26-27H,8-12,16-18,32H2,1-7H3,(H,35,36)/t19?,26?,27-/m0/s1. The van der Waals surface area contributed by atoms with E-state index in [0.29, 0.717) is 5.56 Å². The van der Waals surface area contributed by atoms with Crippen LogP contribution in [0.15, 0.2) is 18.2 Å². The summed E-state index contributed by atoms with van der Waals surface area (Å²) in [6.45, 7) is 13.2. The maximum absolute atomic E-state index is 12.7. The number of hydrogen-bond donors (Lipinski definition) is 2. The van der Waals surface area contributed by atoms with Crippen LogP contribution in [0.25, 0.3) is 0 Å². The van der Waals surface area contributed by atoms with Gasteiger partial charge >= 0.3 is 23.9 Å². The fourth-order valence-electron chi connectivity index (χ4n) is 4.90. The average molecular weight is 562 g/mol. The zero-order valence-electron chi connectivity index (χ0n) is 25.1. The molecule has 0 bridgehead atoms. The molecule has 0 saturated heterocycles. The van der Waals surface area contributed by atoms with E-state index in [1.807, 2.05) is 41.5 Å². The van der Waals surface area contributed by atoms with E-state index >= 15 is 0 Å². The number of carbonyl (C=O) groups is 4. The minimum atomic E-state index is -1.32. The van der Waals surface area contributed by atoms with Gasteiger partial charge in [0, 0.05) is 5.92 Å². The molecule has 1 aromatic rings. The fraction of sp³-hybridized carbons (Fsp3) is 0.677. The highest BCUT2D eigenvalue weighted by Crippen LogP contribution is 2.37. The van der Waals surface area contributed by atoms with Gasteiger partial charge in [0.1, 0.15) is 6.04 Å². The number of hydrogen-bond acceptors (Lipinski definition) is 8. The second kappa shape index (κ2) is 14.1. The van der Waals surface area contributed by atoms with Crippen molar-refractivity contribution in [3.05, 3.63) is 23.8 Å². The van der Waals surface area contributed by atoms with Crippen LogP contribution in [0.4, 0.5) is 0 Å². The topological polar surface area (TPSA) is 142 Å². The summed E-state index contributed by atoms with van der Waals surface area (Å²) in [5.74, 6) is -3.83. The van der Waals surface area contributed by atoms with Gasteiger partial charge in [0.2, 0.25) is 0 Å². The molecule has 1 fully saturated rings. The molecule has 1 aliphatic carbocycles. The van der Waals surface area contributed by atoms with Gasteiger partial charge in [-0.3, -0.25) is 19.2 Å². The lowest BCUT2D eigenvalue weighted by Gasteiger charge is -2.29. The summed E-state index contributed by atoms with van der Waals surface area (Å²) in [6.07, 6.45) is 4.93. The van der Waals surface area contributed by atoms with Gasteiger partial charge in [0.05, 0.1) is 25.4 Å². The fourth-order valence-corrected chi connectivity index (χ4v) is 4.90. The minimum Gasteiger partial charge on any atom is -0.480 e. The third-order valence-corrected chi connectivity index (χ3v) is 6.86. The Morgan fingerprint density at radius 1 is 0.900 bits per heavy atom. The van der Waals surface area contributed by atoms with Crippen LogP contribution in [0, 0.1) is 22.7 Å². The normalized spacial score (nSPS) is 16.9. The molecule has 9 nitrogen and oxygen atoms in total. The molecule has 0 spiro atoms. The van der Waals surface area contributed by atoms with Crippen molar-refractivity contribution in [2.24, 2.45) is 28.4 Å². The lowest BCUT2D eigenvalue weighted by atomic mass is 9.82. The molecule has 0 aromatic heterocycles. The predicted molar refractivity (Wildman–Crippen MR) is 151 cm³/mol. The molecule has 0 aliphatic heterocycles. The van der Waals surface area contributed by atoms with Crippen LogP contribution in [-0.4, -0.2) is 41.6 Å². The van der Waals surface area contributed by atoms with E-state index in [1.165, 1.54) is 12.1 Å². The van der Waals surface area contributed by atoms with Gasteiger partial charge < -0.3 is 25.1 Å². The number of rotatable bonds is 11. The number of ether oxygens (including phenoxy) is 3. The second-order valence-corrected chi connectivity index (χ2v) is 13.5. The Kier molecular flexibility index (Phi) is 11.7. The van der Waals surface area contributed by atoms with E-state index in [4.69, 9.17) is 19.9 Å². The van der Waals surface area contributed by atoms with Crippen molar-refractivity contribution in [2.45, 2.75) is 105 Å². The van der Waals surface area contributed by atoms with E-state index in [1.54, 1.807) is 13.0 Å². The van der Waals surface area contributed by atoms with E-state index in [2.05, 4.69) is 0 Å². The van der Waals surface area contributed by atoms with Crippen molar-refractivity contribution in [3.63, 3.8) is 0 Å². The number of carboxylic acid groups (broad SMARTS) is 1. The summed E-state index contributed by atoms with van der Waals surface area (Å²) < 4.78 is 16.8. The Bertz CT molecular complexity index is 1050. The molecule has 0 amide bonds. The number of carbonyl (C=O) groups excluding carboxylic acids is 3. The zero-order chi connectivity index (χ0) is 30.3. The first-order valence-electron chi connectivity index (χ1n) is 14.2. The van der Waals surface area contributed by atoms with Crippen molar-refractivity contribution >= 4 is 23.9 Å². The number of benzene rings is 1. The lowest BCUT2D eigenvalue weighted by Crippen LogP contribution is -2.41. The largest absolute Gasteiger partial charge is 0.480 e. The molecule has 1 aromatic carbocycles. The molecule has 1 saturated carbocycles. The quantitative estimate of drug-likeness (QED) is 0.260. The number of esters is 3. The molecule has 40 heavy (non-hydrogen) atoms. The molecular formula is C31H47NO8. The van der Waals surface area contributed by atoms with Crippen LogP contribution >= 0.6 is 0 Å². The van der Waals surface area contributed by atoms with Crippen molar-refractivity contribution in [3.8, 4) is 11.5 Å². The van der Waals surface area contributed by atoms with Crippen LogP contribution in [-0.2, 0) is 23.9 Å². The first-order valence-corrected chi connectivity index (χ1v) is 14.2. The van der Waals surface area contributed by atoms with Gasteiger partial charge in [-0.1, -0.05) is 73.8 Å². The first-order chi connectivity index (χ1) is 18.5. The predicted octanol–water partition coefficient (Wildman–Crippen LogP) is 5.62. The second-order valence-electron chi connectivity index (χ2n) is 13.5. The summed E-state index contributed by atoms with van der Waals surface area (Å²) in [5.41, 5.74) is 5.94. The van der Waals surface area contributed by atoms with Crippen molar-refractivity contribution in [1.29, 1.82) is 0 Å². The van der Waals surface area contributed by atoms with E-state index in [9.17, 15) is 24.3 Å². The summed E-state index contributed by atoms with van der Waals surface area (Å²) >= 11 is 0. The SMILES string of the molecule is CC(COC(=O)C1CCCCC1)C(c1ccc(OC(=O)CC(C)(C)C)c(OC(=O)CC(C)(C)C)c1)[C@H](N)C(=O)O. The van der Waals surface area contributed by atoms with Crippen molar-refractivity contribution in [1.82, 2.24) is 0 Å². The molecule has 2 rings (SSSR count). The molecule has 3 N–H and O–H groups in total. The average Bonchev–Trinajstić information content (AvgIpc) is 2.82. The molecule has 224 valence electrons. The Morgan fingerprint density at radius 3 is 1.93 bits per heavy atom. The summed E-state index contributed by atoms with van der Waals surface area (Å²) in [4.78, 5) is 49.9. The van der Waals surface area contributed by atoms with E-state index in [0.717, 1.165) is 32.1 Å². The Hall–Kier alpha value is -2.94. The molecule has 0 radical (unpaired) electrons. The molecule has 2 unspecified atom stereocenters. The molecular weight excluding hydrogens is 514 g/mol. The first kappa shape index (κ1) is 33.3. The van der Waals surface area contributed by atoms with Crippen molar-refractivity contribution in [2.75, 3.05) is 6.61 Å². The van der Waals surface area contributed by atoms with Gasteiger partial charge in [-0.15, -0.1) is 0 Å².